The predicted molar refractivity (Wildman–Crippen MR) is 186 cm³/mol. The Labute approximate surface area is 264 Å². The standard InChI is InChI=1S/C40H42NO2Si/c1-28(2)44(29(3)4,30(5)6)43-39-26-22-31(27-40(39)42-8)21-23-32-15-9-10-16-33(32)24-25-34-35-17-11-13-19-37(35)41(7)38-20-14-12-18-36(34)38/h9-20,22,26-30H,1-8H3/q+1. The summed E-state index contributed by atoms with van der Waals surface area (Å²) < 4.78 is 15.0. The molecule has 44 heavy (non-hydrogen) atoms. The van der Waals surface area contributed by atoms with Crippen molar-refractivity contribution in [1.29, 1.82) is 0 Å². The number of para-hydroxylation sites is 2. The molecule has 5 aromatic rings. The Hall–Kier alpha value is -4.51. The lowest BCUT2D eigenvalue weighted by molar-refractivity contribution is -0.617. The molecule has 0 atom stereocenters. The third-order valence-corrected chi connectivity index (χ3v) is 14.8. The highest BCUT2D eigenvalue weighted by molar-refractivity contribution is 6.78. The van der Waals surface area contributed by atoms with Gasteiger partial charge < -0.3 is 9.16 Å². The zero-order chi connectivity index (χ0) is 31.4. The monoisotopic (exact) mass is 596 g/mol. The Morgan fingerprint density at radius 2 is 1.09 bits per heavy atom. The van der Waals surface area contributed by atoms with Gasteiger partial charge in [0.25, 0.3) is 8.32 Å². The van der Waals surface area contributed by atoms with Crippen LogP contribution in [0.2, 0.25) is 16.6 Å². The topological polar surface area (TPSA) is 22.3 Å². The zero-order valence-electron chi connectivity index (χ0n) is 27.2. The quantitative estimate of drug-likeness (QED) is 0.0844. The van der Waals surface area contributed by atoms with Crippen LogP contribution in [0.4, 0.5) is 0 Å². The Bertz CT molecular complexity index is 1870. The van der Waals surface area contributed by atoms with Gasteiger partial charge in [0, 0.05) is 28.8 Å². The first kappa shape index (κ1) is 30.9. The summed E-state index contributed by atoms with van der Waals surface area (Å²) in [6.45, 7) is 13.8. The van der Waals surface area contributed by atoms with E-state index in [4.69, 9.17) is 9.16 Å². The number of ether oxygens (including phenoxy) is 1. The van der Waals surface area contributed by atoms with Gasteiger partial charge in [0.1, 0.15) is 12.8 Å². The lowest BCUT2D eigenvalue weighted by Crippen LogP contribution is -2.50. The molecule has 1 aromatic heterocycles. The van der Waals surface area contributed by atoms with Crippen molar-refractivity contribution in [3.8, 4) is 35.2 Å². The average molecular weight is 597 g/mol. The summed E-state index contributed by atoms with van der Waals surface area (Å²) in [5, 5.41) is 2.28. The van der Waals surface area contributed by atoms with Crippen LogP contribution in [-0.2, 0) is 7.05 Å². The van der Waals surface area contributed by atoms with Crippen molar-refractivity contribution < 1.29 is 13.7 Å². The second-order valence-electron chi connectivity index (χ2n) is 12.3. The third kappa shape index (κ3) is 5.83. The van der Waals surface area contributed by atoms with E-state index in [0.29, 0.717) is 16.6 Å². The average Bonchev–Trinajstić information content (AvgIpc) is 3.02. The maximum atomic E-state index is 6.93. The first-order chi connectivity index (χ1) is 21.2. The van der Waals surface area contributed by atoms with E-state index in [1.807, 2.05) is 42.5 Å². The molecule has 0 aliphatic rings. The van der Waals surface area contributed by atoms with Gasteiger partial charge in [-0.25, -0.2) is 0 Å². The van der Waals surface area contributed by atoms with Crippen molar-refractivity contribution in [2.75, 3.05) is 7.11 Å². The fourth-order valence-electron chi connectivity index (χ4n) is 6.71. The molecule has 4 heteroatoms. The molecule has 0 fully saturated rings. The van der Waals surface area contributed by atoms with E-state index < -0.39 is 8.32 Å². The van der Waals surface area contributed by atoms with Gasteiger partial charge in [0.05, 0.1) is 23.4 Å². The molecule has 0 saturated heterocycles. The van der Waals surface area contributed by atoms with Gasteiger partial charge >= 0.3 is 0 Å². The molecule has 0 saturated carbocycles. The summed E-state index contributed by atoms with van der Waals surface area (Å²) in [7, 11) is 1.69. The normalized spacial score (nSPS) is 11.4. The molecule has 0 aliphatic heterocycles. The number of methoxy groups -OCH3 is 1. The van der Waals surface area contributed by atoms with Gasteiger partial charge in [0.2, 0.25) is 11.0 Å². The molecule has 1 heterocycles. The minimum absolute atomic E-state index is 0.471. The van der Waals surface area contributed by atoms with Crippen molar-refractivity contribution >= 4 is 30.1 Å². The molecule has 0 amide bonds. The highest BCUT2D eigenvalue weighted by Crippen LogP contribution is 2.44. The van der Waals surface area contributed by atoms with Crippen LogP contribution in [0, 0.1) is 23.7 Å². The highest BCUT2D eigenvalue weighted by atomic mass is 28.4. The number of fused-ring (bicyclic) bond motifs is 2. The highest BCUT2D eigenvalue weighted by Gasteiger charge is 2.47. The van der Waals surface area contributed by atoms with Crippen molar-refractivity contribution in [3.63, 3.8) is 0 Å². The predicted octanol–water partition coefficient (Wildman–Crippen LogP) is 9.18. The van der Waals surface area contributed by atoms with Gasteiger partial charge in [-0.3, -0.25) is 0 Å². The first-order valence-electron chi connectivity index (χ1n) is 15.5. The SMILES string of the molecule is COc1cc(C#Cc2ccccc2C#Cc2c3ccccc3[n+](C)c3ccccc23)ccc1O[Si](C(C)C)(C(C)C)C(C)C. The molecule has 0 unspecified atom stereocenters. The number of nitrogens with zero attached hydrogens (tertiary/aromatic N) is 1. The van der Waals surface area contributed by atoms with Gasteiger partial charge in [-0.15, -0.1) is 0 Å². The molecule has 0 N–H and O–H groups in total. The number of pyridine rings is 1. The van der Waals surface area contributed by atoms with E-state index in [1.54, 1.807) is 7.11 Å². The fraction of sp³-hybridized carbons (Fsp3) is 0.275. The Balaban J connectivity index is 1.52. The van der Waals surface area contributed by atoms with Crippen molar-refractivity contribution in [1.82, 2.24) is 0 Å². The van der Waals surface area contributed by atoms with E-state index in [9.17, 15) is 0 Å². The molecule has 222 valence electrons. The van der Waals surface area contributed by atoms with Gasteiger partial charge in [-0.1, -0.05) is 102 Å². The Kier molecular flexibility index (Phi) is 9.14. The van der Waals surface area contributed by atoms with E-state index in [2.05, 4.69) is 125 Å². The number of aromatic nitrogens is 1. The fourth-order valence-corrected chi connectivity index (χ4v) is 12.0. The van der Waals surface area contributed by atoms with E-state index in [-0.39, 0.29) is 0 Å². The van der Waals surface area contributed by atoms with Crippen LogP contribution < -0.4 is 13.7 Å². The van der Waals surface area contributed by atoms with Gasteiger partial charge in [-0.2, -0.15) is 4.57 Å². The van der Waals surface area contributed by atoms with Gasteiger partial charge in [-0.05, 0) is 59.1 Å². The summed E-state index contributed by atoms with van der Waals surface area (Å²) in [6.07, 6.45) is 0. The Morgan fingerprint density at radius 1 is 0.591 bits per heavy atom. The van der Waals surface area contributed by atoms with Crippen LogP contribution in [0.5, 0.6) is 11.5 Å². The number of aryl methyl sites for hydroxylation is 1. The van der Waals surface area contributed by atoms with Crippen LogP contribution in [0.1, 0.15) is 63.8 Å². The van der Waals surface area contributed by atoms with Crippen LogP contribution >= 0.6 is 0 Å². The number of rotatable bonds is 6. The number of hydrogen-bond acceptors (Lipinski definition) is 2. The summed E-state index contributed by atoms with van der Waals surface area (Å²) in [5.74, 6) is 15.2. The van der Waals surface area contributed by atoms with Crippen molar-refractivity contribution in [3.05, 3.63) is 113 Å². The van der Waals surface area contributed by atoms with Crippen LogP contribution in [0.15, 0.2) is 91.0 Å². The smallest absolute Gasteiger partial charge is 0.258 e. The van der Waals surface area contributed by atoms with Gasteiger partial charge in [0.15, 0.2) is 5.75 Å². The lowest BCUT2D eigenvalue weighted by atomic mass is 10.0. The summed E-state index contributed by atoms with van der Waals surface area (Å²) >= 11 is 0. The molecule has 4 aromatic carbocycles. The van der Waals surface area contributed by atoms with E-state index >= 15 is 0 Å². The molecule has 0 bridgehead atoms. The van der Waals surface area contributed by atoms with Crippen LogP contribution in [-0.4, -0.2) is 15.4 Å². The third-order valence-electron chi connectivity index (χ3n) is 8.82. The summed E-state index contributed by atoms with van der Waals surface area (Å²) in [6, 6.07) is 31.0. The minimum atomic E-state index is -2.12. The van der Waals surface area contributed by atoms with E-state index in [0.717, 1.165) is 55.6 Å². The summed E-state index contributed by atoms with van der Waals surface area (Å²) in [4.78, 5) is 0. The van der Waals surface area contributed by atoms with Crippen LogP contribution in [0.3, 0.4) is 0 Å². The molecule has 5 rings (SSSR count). The molecule has 0 radical (unpaired) electrons. The Morgan fingerprint density at radius 3 is 1.61 bits per heavy atom. The summed E-state index contributed by atoms with van der Waals surface area (Å²) in [5.41, 5.74) is 7.41. The van der Waals surface area contributed by atoms with Crippen molar-refractivity contribution in [2.45, 2.75) is 58.2 Å². The maximum Gasteiger partial charge on any atom is 0.258 e. The van der Waals surface area contributed by atoms with Crippen molar-refractivity contribution in [2.24, 2.45) is 7.05 Å². The minimum Gasteiger partial charge on any atom is -0.540 e. The molecule has 3 nitrogen and oxygen atoms in total. The molecular formula is C40H42NO2Si+. The van der Waals surface area contributed by atoms with E-state index in [1.165, 1.54) is 0 Å². The molecule has 0 spiro atoms. The molecule has 0 aliphatic carbocycles. The number of benzene rings is 4. The second kappa shape index (κ2) is 13.0. The maximum absolute atomic E-state index is 6.93. The van der Waals surface area contributed by atoms with Crippen LogP contribution in [0.25, 0.3) is 21.8 Å². The second-order valence-corrected chi connectivity index (χ2v) is 17.7. The largest absolute Gasteiger partial charge is 0.540 e. The zero-order valence-corrected chi connectivity index (χ0v) is 28.2. The lowest BCUT2D eigenvalue weighted by Gasteiger charge is -2.42. The first-order valence-corrected chi connectivity index (χ1v) is 17.6. The molecular weight excluding hydrogens is 555 g/mol. The number of hydrogen-bond donors (Lipinski definition) is 0.